The van der Waals surface area contributed by atoms with Crippen molar-refractivity contribution < 1.29 is 36.6 Å². The predicted molar refractivity (Wildman–Crippen MR) is 154 cm³/mol. The molecule has 3 aromatic rings. The average Bonchev–Trinajstić information content (AvgIpc) is 2.91. The Morgan fingerprint density at radius 1 is 0.951 bits per heavy atom. The molecular formula is C29H34FN3O7S. The molecule has 0 spiro atoms. The van der Waals surface area contributed by atoms with Gasteiger partial charge in [-0.15, -0.1) is 0 Å². The molecule has 2 amide bonds. The minimum Gasteiger partial charge on any atom is -0.495 e. The summed E-state index contributed by atoms with van der Waals surface area (Å²) in [6, 6.07) is 13.8. The first kappa shape index (κ1) is 31.2. The van der Waals surface area contributed by atoms with E-state index in [1.54, 1.807) is 39.0 Å². The monoisotopic (exact) mass is 587 g/mol. The van der Waals surface area contributed by atoms with E-state index < -0.39 is 39.5 Å². The highest BCUT2D eigenvalue weighted by atomic mass is 32.2. The maximum Gasteiger partial charge on any atom is 0.410 e. The van der Waals surface area contributed by atoms with Crippen molar-refractivity contribution in [2.24, 2.45) is 0 Å². The maximum absolute atomic E-state index is 14.3. The van der Waals surface area contributed by atoms with Gasteiger partial charge in [-0.1, -0.05) is 24.3 Å². The third-order valence-electron chi connectivity index (χ3n) is 5.99. The molecule has 0 saturated carbocycles. The number of nitrogens with zero attached hydrogens (tertiary/aromatic N) is 1. The van der Waals surface area contributed by atoms with Crippen molar-refractivity contribution in [1.29, 1.82) is 0 Å². The summed E-state index contributed by atoms with van der Waals surface area (Å²) in [6.07, 6.45) is -0.668. The number of nitrogens with one attached hydrogen (secondary N) is 2. The van der Waals surface area contributed by atoms with Crippen LogP contribution in [0.5, 0.6) is 11.5 Å². The molecule has 0 heterocycles. The summed E-state index contributed by atoms with van der Waals surface area (Å²) < 4.78 is 59.6. The van der Waals surface area contributed by atoms with Gasteiger partial charge in [0.1, 0.15) is 33.9 Å². The molecule has 0 aliphatic carbocycles. The minimum atomic E-state index is -4.23. The number of carbonyl (C=O) groups is 2. The smallest absolute Gasteiger partial charge is 0.410 e. The van der Waals surface area contributed by atoms with Crippen LogP contribution in [0.4, 0.5) is 20.6 Å². The van der Waals surface area contributed by atoms with Gasteiger partial charge in [-0.25, -0.2) is 17.6 Å². The summed E-state index contributed by atoms with van der Waals surface area (Å²) >= 11 is 0. The first-order valence-corrected chi connectivity index (χ1v) is 14.1. The Balaban J connectivity index is 1.86. The van der Waals surface area contributed by atoms with E-state index in [4.69, 9.17) is 14.2 Å². The number of sulfonamides is 1. The Morgan fingerprint density at radius 3 is 2.22 bits per heavy atom. The van der Waals surface area contributed by atoms with Gasteiger partial charge in [-0.3, -0.25) is 14.4 Å². The third-order valence-corrected chi connectivity index (χ3v) is 7.40. The van der Waals surface area contributed by atoms with Gasteiger partial charge in [-0.05, 0) is 69.7 Å². The quantitative estimate of drug-likeness (QED) is 0.339. The van der Waals surface area contributed by atoms with Crippen LogP contribution in [0.15, 0.2) is 65.6 Å². The minimum absolute atomic E-state index is 0.000632. The zero-order chi connectivity index (χ0) is 30.5. The van der Waals surface area contributed by atoms with Crippen molar-refractivity contribution in [2.75, 3.05) is 31.3 Å². The zero-order valence-corrected chi connectivity index (χ0v) is 24.8. The molecule has 0 fully saturated rings. The molecule has 0 radical (unpaired) electrons. The molecule has 220 valence electrons. The van der Waals surface area contributed by atoms with E-state index in [0.717, 1.165) is 4.90 Å². The second-order valence-corrected chi connectivity index (χ2v) is 11.8. The molecule has 0 unspecified atom stereocenters. The molecule has 2 N–H and O–H groups in total. The number of ether oxygens (including phenoxy) is 3. The number of rotatable bonds is 9. The molecule has 41 heavy (non-hydrogen) atoms. The third kappa shape index (κ3) is 7.66. The Bertz CT molecular complexity index is 1540. The molecule has 3 rings (SSSR count). The SMILES string of the molecule is COc1ccc(NC(=O)[C@H](C)N(C)C(=O)OC(C)(C)C)cc1NS(=O)(=O)c1ccc(-c2ccccc2F)cc1OC. The fourth-order valence-corrected chi connectivity index (χ4v) is 4.95. The topological polar surface area (TPSA) is 123 Å². The first-order chi connectivity index (χ1) is 19.2. The fourth-order valence-electron chi connectivity index (χ4n) is 3.73. The molecule has 0 aliphatic heterocycles. The lowest BCUT2D eigenvalue weighted by Crippen LogP contribution is -2.45. The summed E-state index contributed by atoms with van der Waals surface area (Å²) in [5.41, 5.74) is 0.286. The van der Waals surface area contributed by atoms with E-state index >= 15 is 0 Å². The van der Waals surface area contributed by atoms with Crippen LogP contribution in [0.3, 0.4) is 0 Å². The number of hydrogen-bond donors (Lipinski definition) is 2. The Labute approximate surface area is 239 Å². The van der Waals surface area contributed by atoms with Crippen molar-refractivity contribution in [2.45, 2.75) is 44.2 Å². The van der Waals surface area contributed by atoms with Gasteiger partial charge in [0.25, 0.3) is 10.0 Å². The number of carbonyl (C=O) groups excluding carboxylic acids is 2. The van der Waals surface area contributed by atoms with E-state index in [9.17, 15) is 22.4 Å². The van der Waals surface area contributed by atoms with Crippen molar-refractivity contribution in [3.8, 4) is 22.6 Å². The van der Waals surface area contributed by atoms with Gasteiger partial charge >= 0.3 is 6.09 Å². The molecule has 0 bridgehead atoms. The molecule has 10 nitrogen and oxygen atoms in total. The second kappa shape index (κ2) is 12.5. The van der Waals surface area contributed by atoms with Crippen molar-refractivity contribution in [3.63, 3.8) is 0 Å². The van der Waals surface area contributed by atoms with Crippen LogP contribution in [-0.2, 0) is 19.6 Å². The van der Waals surface area contributed by atoms with Crippen molar-refractivity contribution in [3.05, 3.63) is 66.5 Å². The van der Waals surface area contributed by atoms with E-state index in [2.05, 4.69) is 10.0 Å². The van der Waals surface area contributed by atoms with Crippen LogP contribution in [0, 0.1) is 5.82 Å². The van der Waals surface area contributed by atoms with E-state index in [1.807, 2.05) is 0 Å². The maximum atomic E-state index is 14.3. The lowest BCUT2D eigenvalue weighted by molar-refractivity contribution is -0.120. The van der Waals surface area contributed by atoms with Gasteiger partial charge in [0.05, 0.1) is 19.9 Å². The predicted octanol–water partition coefficient (Wildman–Crippen LogP) is 5.50. The number of hydrogen-bond acceptors (Lipinski definition) is 7. The van der Waals surface area contributed by atoms with Crippen LogP contribution >= 0.6 is 0 Å². The Kier molecular flexibility index (Phi) is 9.49. The van der Waals surface area contributed by atoms with Gasteiger partial charge in [0.2, 0.25) is 5.91 Å². The van der Waals surface area contributed by atoms with Crippen LogP contribution in [0.1, 0.15) is 27.7 Å². The van der Waals surface area contributed by atoms with Gasteiger partial charge in [0.15, 0.2) is 0 Å². The van der Waals surface area contributed by atoms with Crippen LogP contribution < -0.4 is 19.5 Å². The van der Waals surface area contributed by atoms with Gasteiger partial charge < -0.3 is 19.5 Å². The summed E-state index contributed by atoms with van der Waals surface area (Å²) in [6.45, 7) is 6.69. The molecular weight excluding hydrogens is 553 g/mol. The number of anilines is 2. The molecule has 3 aromatic carbocycles. The highest BCUT2D eigenvalue weighted by Crippen LogP contribution is 2.35. The first-order valence-electron chi connectivity index (χ1n) is 12.6. The summed E-state index contributed by atoms with van der Waals surface area (Å²) in [5.74, 6) is -0.797. The number of likely N-dealkylation sites (N-methyl/N-ethyl adjacent to an activating group) is 1. The van der Waals surface area contributed by atoms with Gasteiger partial charge in [0, 0.05) is 18.3 Å². The second-order valence-electron chi connectivity index (χ2n) is 10.1. The van der Waals surface area contributed by atoms with Crippen molar-refractivity contribution in [1.82, 2.24) is 4.90 Å². The average molecular weight is 588 g/mol. The fraction of sp³-hybridized carbons (Fsp3) is 0.310. The Morgan fingerprint density at radius 2 is 1.61 bits per heavy atom. The van der Waals surface area contributed by atoms with E-state index in [-0.39, 0.29) is 27.8 Å². The number of methoxy groups -OCH3 is 2. The summed E-state index contributed by atoms with van der Waals surface area (Å²) in [7, 11) is -0.112. The van der Waals surface area contributed by atoms with E-state index in [1.165, 1.54) is 70.7 Å². The molecule has 0 saturated heterocycles. The molecule has 0 aliphatic rings. The van der Waals surface area contributed by atoms with Crippen LogP contribution in [0.2, 0.25) is 0 Å². The van der Waals surface area contributed by atoms with Crippen molar-refractivity contribution >= 4 is 33.4 Å². The largest absolute Gasteiger partial charge is 0.495 e. The lowest BCUT2D eigenvalue weighted by Gasteiger charge is -2.28. The van der Waals surface area contributed by atoms with Crippen LogP contribution in [-0.4, -0.2) is 58.2 Å². The summed E-state index contributed by atoms with van der Waals surface area (Å²) in [5, 5.41) is 2.67. The van der Waals surface area contributed by atoms with Gasteiger partial charge in [-0.2, -0.15) is 0 Å². The Hall–Kier alpha value is -4.32. The lowest BCUT2D eigenvalue weighted by atomic mass is 10.1. The number of halogens is 1. The molecule has 0 aromatic heterocycles. The highest BCUT2D eigenvalue weighted by molar-refractivity contribution is 7.92. The number of amides is 2. The summed E-state index contributed by atoms with van der Waals surface area (Å²) in [4.78, 5) is 26.2. The molecule has 12 heteroatoms. The highest BCUT2D eigenvalue weighted by Gasteiger charge is 2.28. The standard InChI is InChI=1S/C29H34FN3O7S/c1-18(33(5)28(35)40-29(2,3)4)27(34)31-20-13-14-24(38-6)23(17-20)32-41(36,37)26-15-12-19(16-25(26)39-7)21-10-8-9-11-22(21)30/h8-18,32H,1-7H3,(H,31,34)/t18-/m0/s1. The van der Waals surface area contributed by atoms with E-state index in [0.29, 0.717) is 11.1 Å². The normalized spacial score (nSPS) is 12.2. The molecule has 1 atom stereocenters. The van der Waals surface area contributed by atoms with Crippen LogP contribution in [0.25, 0.3) is 11.1 Å². The number of benzene rings is 3. The zero-order valence-electron chi connectivity index (χ0n) is 23.9.